The van der Waals surface area contributed by atoms with Crippen LogP contribution in [0.5, 0.6) is 0 Å². The minimum Gasteiger partial charge on any atom is -0.462 e. The first-order valence-electron chi connectivity index (χ1n) is 29.3. The second-order valence-corrected chi connectivity index (χ2v) is 22.9. The summed E-state index contributed by atoms with van der Waals surface area (Å²) in [5, 5.41) is 10.4. The van der Waals surface area contributed by atoms with Crippen LogP contribution in [-0.4, -0.2) is 96.7 Å². The zero-order chi connectivity index (χ0) is 54.8. The van der Waals surface area contributed by atoms with Crippen LogP contribution in [0.1, 0.15) is 272 Å². The Bertz CT molecular complexity index is 1450. The van der Waals surface area contributed by atoms with Crippen molar-refractivity contribution < 1.29 is 80.2 Å². The summed E-state index contributed by atoms with van der Waals surface area (Å²) in [5.74, 6) is -2.16. The highest BCUT2D eigenvalue weighted by molar-refractivity contribution is 7.47. The molecule has 0 aromatic rings. The zero-order valence-corrected chi connectivity index (χ0v) is 48.6. The molecule has 19 heteroatoms. The third-order valence-electron chi connectivity index (χ3n) is 12.6. The van der Waals surface area contributed by atoms with Crippen LogP contribution in [-0.2, 0) is 65.4 Å². The van der Waals surface area contributed by atoms with Crippen molar-refractivity contribution in [3.05, 3.63) is 0 Å². The summed E-state index contributed by atoms with van der Waals surface area (Å²) in [6.45, 7) is 4.68. The van der Waals surface area contributed by atoms with Crippen molar-refractivity contribution in [2.75, 3.05) is 39.6 Å². The van der Waals surface area contributed by atoms with Gasteiger partial charge in [-0.15, -0.1) is 0 Å². The monoisotopic (exact) mass is 1100 g/mol. The van der Waals surface area contributed by atoms with E-state index in [1.54, 1.807) is 0 Å². The molecule has 17 nitrogen and oxygen atoms in total. The van der Waals surface area contributed by atoms with Crippen molar-refractivity contribution in [3.8, 4) is 0 Å². The van der Waals surface area contributed by atoms with Crippen molar-refractivity contribution in [1.82, 2.24) is 0 Å². The van der Waals surface area contributed by atoms with Gasteiger partial charge < -0.3 is 33.8 Å². The van der Waals surface area contributed by atoms with Gasteiger partial charge >= 0.3 is 39.5 Å². The SMILES string of the molecule is CCCCCCCCCCCCCCCC(=O)O[C@H](COC(=O)CCCCCCCCCCC)COP(=O)(O)OC[C@@H](O)COP(=O)(O)OC[C@@H](COC(=O)CCCCCCC)OC(=O)CCCCCCCCC. The summed E-state index contributed by atoms with van der Waals surface area (Å²) in [7, 11) is -9.85. The minimum absolute atomic E-state index is 0.103. The number of hydrogen-bond donors (Lipinski definition) is 3. The highest BCUT2D eigenvalue weighted by Crippen LogP contribution is 2.45. The van der Waals surface area contributed by atoms with Gasteiger partial charge in [-0.25, -0.2) is 9.13 Å². The maximum absolute atomic E-state index is 12.9. The lowest BCUT2D eigenvalue weighted by Crippen LogP contribution is -2.30. The van der Waals surface area contributed by atoms with Gasteiger partial charge in [0.1, 0.15) is 19.3 Å². The zero-order valence-electron chi connectivity index (χ0n) is 46.8. The molecule has 0 aromatic carbocycles. The van der Waals surface area contributed by atoms with Crippen molar-refractivity contribution in [2.45, 2.75) is 290 Å². The second kappa shape index (κ2) is 50.6. The molecule has 0 saturated carbocycles. The Balaban J connectivity index is 5.16. The van der Waals surface area contributed by atoms with E-state index in [0.29, 0.717) is 25.7 Å². The predicted molar refractivity (Wildman–Crippen MR) is 289 cm³/mol. The first kappa shape index (κ1) is 72.1. The first-order valence-corrected chi connectivity index (χ1v) is 32.3. The van der Waals surface area contributed by atoms with Crippen LogP contribution in [0.25, 0.3) is 0 Å². The molecule has 0 rings (SSSR count). The number of unbranched alkanes of at least 4 members (excludes halogenated alkanes) is 30. The quantitative estimate of drug-likeness (QED) is 0.0222. The molecule has 0 saturated heterocycles. The molecule has 0 heterocycles. The second-order valence-electron chi connectivity index (χ2n) is 20.0. The fraction of sp³-hybridized carbons (Fsp3) is 0.927. The molecule has 0 amide bonds. The van der Waals surface area contributed by atoms with Crippen LogP contribution in [0, 0.1) is 0 Å². The number of phosphoric ester groups is 2. The van der Waals surface area contributed by atoms with Crippen LogP contribution < -0.4 is 0 Å². The van der Waals surface area contributed by atoms with Crippen LogP contribution in [0.3, 0.4) is 0 Å². The Morgan fingerprint density at radius 2 is 0.541 bits per heavy atom. The number of ether oxygens (including phenoxy) is 4. The summed E-state index contributed by atoms with van der Waals surface area (Å²) in [4.78, 5) is 71.4. The summed E-state index contributed by atoms with van der Waals surface area (Å²) < 4.78 is 67.3. The third-order valence-corrected chi connectivity index (χ3v) is 14.5. The number of aliphatic hydroxyl groups is 1. The van der Waals surface area contributed by atoms with E-state index in [1.807, 2.05) is 0 Å². The van der Waals surface area contributed by atoms with Gasteiger partial charge in [0.05, 0.1) is 26.4 Å². The average molecular weight is 1100 g/mol. The Labute approximate surface area is 447 Å². The summed E-state index contributed by atoms with van der Waals surface area (Å²) in [6.07, 6.45) is 32.5. The molecule has 0 aliphatic carbocycles. The number of carbonyl (C=O) groups excluding carboxylic acids is 4. The largest absolute Gasteiger partial charge is 0.472 e. The molecule has 0 spiro atoms. The van der Waals surface area contributed by atoms with Crippen molar-refractivity contribution >= 4 is 39.5 Å². The van der Waals surface area contributed by atoms with E-state index in [9.17, 15) is 43.2 Å². The fourth-order valence-electron chi connectivity index (χ4n) is 8.04. The number of aliphatic hydroxyl groups excluding tert-OH is 1. The Hall–Kier alpha value is -1.94. The molecule has 0 radical (unpaired) electrons. The van der Waals surface area contributed by atoms with Gasteiger partial charge in [-0.2, -0.15) is 0 Å². The highest BCUT2D eigenvalue weighted by Gasteiger charge is 2.30. The Morgan fingerprint density at radius 3 is 0.797 bits per heavy atom. The molecular formula is C55H106O17P2. The molecule has 0 aliphatic heterocycles. The van der Waals surface area contributed by atoms with Crippen molar-refractivity contribution in [1.29, 1.82) is 0 Å². The lowest BCUT2D eigenvalue weighted by atomic mass is 10.0. The molecule has 0 fully saturated rings. The molecule has 0 aliphatic rings. The van der Waals surface area contributed by atoms with Crippen LogP contribution in [0.15, 0.2) is 0 Å². The normalized spacial score (nSPS) is 14.4. The summed E-state index contributed by atoms with van der Waals surface area (Å²) in [5.41, 5.74) is 0. The Kier molecular flexibility index (Phi) is 49.2. The van der Waals surface area contributed by atoms with Gasteiger partial charge in [-0.1, -0.05) is 220 Å². The fourth-order valence-corrected chi connectivity index (χ4v) is 9.62. The standard InChI is InChI=1S/C55H106O17P2/c1-5-9-13-17-20-22-23-24-25-27-30-34-38-42-55(60)72-51(46-66-53(58)40-36-32-29-26-21-18-14-10-6-2)48-70-74(63,64)68-44-49(56)43-67-73(61,62)69-47-50(45-65-52(57)39-35-31-16-12-8-4)71-54(59)41-37-33-28-19-15-11-7-3/h49-51,56H,5-48H2,1-4H3,(H,61,62)(H,63,64)/t49-,50+,51+/m0/s1. The predicted octanol–water partition coefficient (Wildman–Crippen LogP) is 14.4. The van der Waals surface area contributed by atoms with Gasteiger partial charge in [-0.3, -0.25) is 37.3 Å². The maximum atomic E-state index is 12.9. The highest BCUT2D eigenvalue weighted by atomic mass is 31.2. The molecule has 5 atom stereocenters. The minimum atomic E-state index is -4.93. The van der Waals surface area contributed by atoms with E-state index >= 15 is 0 Å². The van der Waals surface area contributed by atoms with E-state index in [2.05, 4.69) is 27.7 Å². The Morgan fingerprint density at radius 1 is 0.324 bits per heavy atom. The lowest BCUT2D eigenvalue weighted by molar-refractivity contribution is -0.161. The first-order chi connectivity index (χ1) is 35.7. The molecule has 3 N–H and O–H groups in total. The number of phosphoric acid groups is 2. The lowest BCUT2D eigenvalue weighted by Gasteiger charge is -2.21. The van der Waals surface area contributed by atoms with E-state index in [0.717, 1.165) is 109 Å². The van der Waals surface area contributed by atoms with Crippen LogP contribution in [0.4, 0.5) is 0 Å². The van der Waals surface area contributed by atoms with Gasteiger partial charge in [0.25, 0.3) is 0 Å². The van der Waals surface area contributed by atoms with E-state index in [-0.39, 0.29) is 25.7 Å². The van der Waals surface area contributed by atoms with Gasteiger partial charge in [0.2, 0.25) is 0 Å². The van der Waals surface area contributed by atoms with Crippen LogP contribution in [0.2, 0.25) is 0 Å². The summed E-state index contributed by atoms with van der Waals surface area (Å²) >= 11 is 0. The van der Waals surface area contributed by atoms with Gasteiger partial charge in [-0.05, 0) is 25.7 Å². The van der Waals surface area contributed by atoms with Gasteiger partial charge in [0, 0.05) is 25.7 Å². The molecule has 2 unspecified atom stereocenters. The number of esters is 4. The van der Waals surface area contributed by atoms with Crippen LogP contribution >= 0.6 is 15.6 Å². The molecule has 74 heavy (non-hydrogen) atoms. The molecular weight excluding hydrogens is 995 g/mol. The topological polar surface area (TPSA) is 237 Å². The molecule has 438 valence electrons. The maximum Gasteiger partial charge on any atom is 0.472 e. The van der Waals surface area contributed by atoms with E-state index < -0.39 is 97.5 Å². The van der Waals surface area contributed by atoms with Crippen molar-refractivity contribution in [3.63, 3.8) is 0 Å². The number of rotatable bonds is 56. The van der Waals surface area contributed by atoms with E-state index in [1.165, 1.54) is 83.5 Å². The van der Waals surface area contributed by atoms with Gasteiger partial charge in [0.15, 0.2) is 12.2 Å². The smallest absolute Gasteiger partial charge is 0.462 e. The average Bonchev–Trinajstić information content (AvgIpc) is 3.37. The summed E-state index contributed by atoms with van der Waals surface area (Å²) in [6, 6.07) is 0. The van der Waals surface area contributed by atoms with Crippen molar-refractivity contribution in [2.24, 2.45) is 0 Å². The third kappa shape index (κ3) is 49.6. The molecule has 0 aromatic heterocycles. The molecule has 0 bridgehead atoms. The number of hydrogen-bond acceptors (Lipinski definition) is 15. The number of carbonyl (C=O) groups is 4. The van der Waals surface area contributed by atoms with E-state index in [4.69, 9.17) is 37.0 Å².